The Labute approximate surface area is 72.0 Å². The fraction of sp³-hybridized carbons (Fsp3) is 0.125. The summed E-state index contributed by atoms with van der Waals surface area (Å²) in [6, 6.07) is 0. The Kier molecular flexibility index (Phi) is 3.63. The minimum atomic E-state index is -3.87. The first-order valence-electron chi connectivity index (χ1n) is 3.17. The lowest BCUT2D eigenvalue weighted by Gasteiger charge is -1.99. The fourth-order valence-electron chi connectivity index (χ4n) is 0.523. The van der Waals surface area contributed by atoms with Gasteiger partial charge in [-0.25, -0.2) is 8.42 Å². The topological polar surface area (TPSA) is 51.2 Å². The minimum absolute atomic E-state index is 0.0852. The molecule has 0 unspecified atom stereocenters. The monoisotopic (exact) mass is 186 g/mol. The van der Waals surface area contributed by atoms with E-state index in [0.29, 0.717) is 0 Å². The van der Waals surface area contributed by atoms with Crippen LogP contribution in [0.15, 0.2) is 36.8 Å². The normalized spacial score (nSPS) is 10.3. The average Bonchev–Trinajstić information content (AvgIpc) is 2.03. The number of hydrogen-bond acceptors (Lipinski definition) is 3. The number of rotatable bonds is 4. The maximum absolute atomic E-state index is 11.1. The third-order valence-electron chi connectivity index (χ3n) is 1.18. The van der Waals surface area contributed by atoms with Gasteiger partial charge in [0.15, 0.2) is 0 Å². The van der Waals surface area contributed by atoms with Crippen LogP contribution in [0.25, 0.3) is 0 Å². The van der Waals surface area contributed by atoms with E-state index in [0.717, 1.165) is 6.08 Å². The van der Waals surface area contributed by atoms with Gasteiger partial charge in [0.2, 0.25) is 9.84 Å². The first kappa shape index (κ1) is 10.8. The van der Waals surface area contributed by atoms with E-state index in [9.17, 15) is 13.2 Å². The van der Waals surface area contributed by atoms with Crippen molar-refractivity contribution in [2.45, 2.75) is 6.42 Å². The Morgan fingerprint density at radius 1 is 1.33 bits per heavy atom. The van der Waals surface area contributed by atoms with E-state index in [-0.39, 0.29) is 11.3 Å². The summed E-state index contributed by atoms with van der Waals surface area (Å²) < 4.78 is 22.2. The summed E-state index contributed by atoms with van der Waals surface area (Å²) in [7, 11) is -3.87. The number of hydrogen-bond donors (Lipinski definition) is 0. The molecule has 0 spiro atoms. The smallest absolute Gasteiger partial charge is 0.273 e. The summed E-state index contributed by atoms with van der Waals surface area (Å²) in [6.45, 7) is 9.67. The highest BCUT2D eigenvalue weighted by atomic mass is 32.2. The lowest BCUT2D eigenvalue weighted by molar-refractivity contribution is -0.107. The van der Waals surface area contributed by atoms with E-state index in [2.05, 4.69) is 19.7 Å². The number of carbonyl (C=O) groups is 1. The van der Waals surface area contributed by atoms with Gasteiger partial charge in [0, 0.05) is 11.3 Å². The van der Waals surface area contributed by atoms with Crippen LogP contribution >= 0.6 is 0 Å². The Morgan fingerprint density at radius 3 is 2.17 bits per heavy atom. The number of sulfone groups is 1. The maximum atomic E-state index is 11.1. The summed E-state index contributed by atoms with van der Waals surface area (Å²) in [4.78, 5) is 10.6. The Morgan fingerprint density at radius 2 is 1.83 bits per heavy atom. The Balaban J connectivity index is 4.87. The molecule has 0 aromatic rings. The van der Waals surface area contributed by atoms with Gasteiger partial charge in [0.05, 0.1) is 0 Å². The Bertz CT molecular complexity index is 322. The first-order valence-corrected chi connectivity index (χ1v) is 4.65. The number of carbonyl (C=O) groups excluding carboxylic acids is 1. The number of allylic oxidation sites excluding steroid dienone is 2. The van der Waals surface area contributed by atoms with Crippen LogP contribution in [0, 0.1) is 0 Å². The molecular formula is C8H10O3S. The maximum Gasteiger partial charge on any atom is 0.273 e. The highest BCUT2D eigenvalue weighted by Gasteiger charge is 2.21. The van der Waals surface area contributed by atoms with E-state index in [1.807, 2.05) is 0 Å². The molecule has 0 amide bonds. The van der Waals surface area contributed by atoms with Crippen molar-refractivity contribution in [3.05, 3.63) is 36.8 Å². The van der Waals surface area contributed by atoms with Crippen LogP contribution < -0.4 is 0 Å². The van der Waals surface area contributed by atoms with Crippen LogP contribution in [0.5, 0.6) is 0 Å². The van der Waals surface area contributed by atoms with Gasteiger partial charge < -0.3 is 0 Å². The van der Waals surface area contributed by atoms with Crippen LogP contribution in [0.1, 0.15) is 6.42 Å². The molecule has 0 aromatic carbocycles. The summed E-state index contributed by atoms with van der Waals surface area (Å²) in [5.74, 6) is 0. The lowest BCUT2D eigenvalue weighted by atomic mass is 10.4. The zero-order valence-electron chi connectivity index (χ0n) is 6.62. The largest absolute Gasteiger partial charge is 0.276 e. The molecule has 0 aliphatic carbocycles. The van der Waals surface area contributed by atoms with Crippen molar-refractivity contribution in [3.8, 4) is 0 Å². The van der Waals surface area contributed by atoms with Crippen molar-refractivity contribution in [3.63, 3.8) is 0 Å². The van der Waals surface area contributed by atoms with Crippen LogP contribution in [0.4, 0.5) is 0 Å². The van der Waals surface area contributed by atoms with Crippen LogP contribution in [0.2, 0.25) is 0 Å². The second-order valence-corrected chi connectivity index (χ2v) is 4.04. The molecule has 12 heavy (non-hydrogen) atoms. The molecule has 3 nitrogen and oxygen atoms in total. The predicted molar refractivity (Wildman–Crippen MR) is 48.1 cm³/mol. The van der Waals surface area contributed by atoms with Crippen molar-refractivity contribution in [1.29, 1.82) is 0 Å². The van der Waals surface area contributed by atoms with E-state index in [4.69, 9.17) is 0 Å². The second-order valence-electron chi connectivity index (χ2n) is 2.06. The van der Waals surface area contributed by atoms with Gasteiger partial charge >= 0.3 is 0 Å². The van der Waals surface area contributed by atoms with Gasteiger partial charge in [-0.05, 0) is 6.08 Å². The lowest BCUT2D eigenvalue weighted by Crippen LogP contribution is -2.13. The SMILES string of the molecule is C=CCC(=C)S(=O)(=O)C(=O)C=C. The quantitative estimate of drug-likeness (QED) is 0.489. The van der Waals surface area contributed by atoms with Crippen LogP contribution in [0.3, 0.4) is 0 Å². The predicted octanol–water partition coefficient (Wildman–Crippen LogP) is 1.20. The van der Waals surface area contributed by atoms with Crippen LogP contribution in [-0.2, 0) is 14.6 Å². The molecule has 0 saturated heterocycles. The van der Waals surface area contributed by atoms with Crippen molar-refractivity contribution in [2.24, 2.45) is 0 Å². The average molecular weight is 186 g/mol. The van der Waals surface area contributed by atoms with Gasteiger partial charge in [0.1, 0.15) is 0 Å². The summed E-state index contributed by atoms with van der Waals surface area (Å²) >= 11 is 0. The fourth-order valence-corrected chi connectivity index (χ4v) is 1.36. The minimum Gasteiger partial charge on any atom is -0.276 e. The van der Waals surface area contributed by atoms with E-state index < -0.39 is 15.0 Å². The van der Waals surface area contributed by atoms with Gasteiger partial charge in [-0.15, -0.1) is 6.58 Å². The van der Waals surface area contributed by atoms with Crippen molar-refractivity contribution in [1.82, 2.24) is 0 Å². The van der Waals surface area contributed by atoms with Crippen molar-refractivity contribution < 1.29 is 13.2 Å². The van der Waals surface area contributed by atoms with E-state index >= 15 is 0 Å². The summed E-state index contributed by atoms with van der Waals surface area (Å²) in [6.07, 6.45) is 2.21. The Hall–Kier alpha value is -1.16. The molecule has 0 aliphatic rings. The molecule has 0 rings (SSSR count). The van der Waals surface area contributed by atoms with E-state index in [1.54, 1.807) is 0 Å². The third kappa shape index (κ3) is 2.17. The first-order chi connectivity index (χ1) is 5.46. The highest BCUT2D eigenvalue weighted by molar-refractivity contribution is 8.09. The summed E-state index contributed by atoms with van der Waals surface area (Å²) in [5, 5.41) is -1.02. The molecule has 0 fully saturated rings. The van der Waals surface area contributed by atoms with Crippen molar-refractivity contribution >= 4 is 15.0 Å². The van der Waals surface area contributed by atoms with Crippen molar-refractivity contribution in [2.75, 3.05) is 0 Å². The van der Waals surface area contributed by atoms with Gasteiger partial charge in [-0.3, -0.25) is 4.79 Å². The van der Waals surface area contributed by atoms with Crippen LogP contribution in [-0.4, -0.2) is 13.5 Å². The van der Waals surface area contributed by atoms with E-state index in [1.165, 1.54) is 6.08 Å². The zero-order chi connectivity index (χ0) is 9.78. The zero-order valence-corrected chi connectivity index (χ0v) is 7.43. The molecule has 0 aromatic heterocycles. The summed E-state index contributed by atoms with van der Waals surface area (Å²) in [5.41, 5.74) is 0. The molecule has 0 N–H and O–H groups in total. The molecule has 4 heteroatoms. The van der Waals surface area contributed by atoms with Gasteiger partial charge in [-0.2, -0.15) is 0 Å². The molecular weight excluding hydrogens is 176 g/mol. The van der Waals surface area contributed by atoms with Gasteiger partial charge in [0.25, 0.3) is 5.12 Å². The molecule has 0 heterocycles. The molecule has 66 valence electrons. The second kappa shape index (κ2) is 4.01. The molecule has 0 radical (unpaired) electrons. The molecule has 0 bridgehead atoms. The molecule has 0 saturated carbocycles. The standard InChI is InChI=1S/C8H10O3S/c1-4-6-7(3)12(10,11)8(9)5-2/h4-5H,1-3,6H2. The van der Waals surface area contributed by atoms with Gasteiger partial charge in [-0.1, -0.05) is 19.2 Å². The highest BCUT2D eigenvalue weighted by Crippen LogP contribution is 2.10. The molecule has 0 aliphatic heterocycles. The molecule has 0 atom stereocenters. The third-order valence-corrected chi connectivity index (χ3v) is 2.81.